The maximum atomic E-state index is 12.4. The fourth-order valence-corrected chi connectivity index (χ4v) is 2.19. The molecule has 124 valence electrons. The Morgan fingerprint density at radius 2 is 1.96 bits per heavy atom. The molecule has 0 bridgehead atoms. The molecule has 2 aromatic heterocycles. The van der Waals surface area contributed by atoms with E-state index in [9.17, 15) is 4.79 Å². The standard InChI is InChI=1S/C16H15ClN4O3/c1-9-19-15(24-21-9)16(2,3)20-13(22)14-18-8-12(23-14)10-4-6-11(17)7-5-10/h4-8H,1-3H3,(H,20,22). The molecule has 0 atom stereocenters. The van der Waals surface area contributed by atoms with E-state index in [0.717, 1.165) is 5.56 Å². The molecule has 7 nitrogen and oxygen atoms in total. The van der Waals surface area contributed by atoms with Crippen molar-refractivity contribution in [1.82, 2.24) is 20.4 Å². The van der Waals surface area contributed by atoms with Crippen molar-refractivity contribution in [2.75, 3.05) is 0 Å². The second kappa shape index (κ2) is 6.09. The van der Waals surface area contributed by atoms with Crippen molar-refractivity contribution in [3.05, 3.63) is 53.1 Å². The van der Waals surface area contributed by atoms with Gasteiger partial charge in [0, 0.05) is 10.6 Å². The molecular weight excluding hydrogens is 332 g/mol. The number of halogens is 1. The molecule has 24 heavy (non-hydrogen) atoms. The number of carbonyl (C=O) groups excluding carboxylic acids is 1. The van der Waals surface area contributed by atoms with E-state index in [1.807, 2.05) is 0 Å². The van der Waals surface area contributed by atoms with E-state index in [1.54, 1.807) is 45.0 Å². The number of nitrogens with one attached hydrogen (secondary N) is 1. The van der Waals surface area contributed by atoms with Crippen molar-refractivity contribution >= 4 is 17.5 Å². The molecule has 0 saturated carbocycles. The van der Waals surface area contributed by atoms with E-state index in [1.165, 1.54) is 6.20 Å². The van der Waals surface area contributed by atoms with E-state index < -0.39 is 11.4 Å². The summed E-state index contributed by atoms with van der Waals surface area (Å²) in [6.07, 6.45) is 1.49. The lowest BCUT2D eigenvalue weighted by molar-refractivity contribution is 0.0860. The van der Waals surface area contributed by atoms with Crippen LogP contribution in [0.3, 0.4) is 0 Å². The second-order valence-electron chi connectivity index (χ2n) is 5.76. The molecule has 0 unspecified atom stereocenters. The number of aromatic nitrogens is 3. The van der Waals surface area contributed by atoms with Gasteiger partial charge in [0.05, 0.1) is 6.20 Å². The highest BCUT2D eigenvalue weighted by Crippen LogP contribution is 2.23. The highest BCUT2D eigenvalue weighted by atomic mass is 35.5. The average Bonchev–Trinajstić information content (AvgIpc) is 3.17. The molecule has 2 heterocycles. The molecule has 0 saturated heterocycles. The van der Waals surface area contributed by atoms with E-state index in [0.29, 0.717) is 22.5 Å². The first-order valence-electron chi connectivity index (χ1n) is 7.20. The van der Waals surface area contributed by atoms with Crippen LogP contribution in [0.1, 0.15) is 36.2 Å². The highest BCUT2D eigenvalue weighted by molar-refractivity contribution is 6.30. The number of carbonyl (C=O) groups is 1. The molecule has 3 aromatic rings. The number of benzene rings is 1. The van der Waals surface area contributed by atoms with Gasteiger partial charge in [0.15, 0.2) is 11.6 Å². The lowest BCUT2D eigenvalue weighted by Gasteiger charge is -2.20. The Morgan fingerprint density at radius 1 is 1.25 bits per heavy atom. The summed E-state index contributed by atoms with van der Waals surface area (Å²) in [5, 5.41) is 7.11. The normalized spacial score (nSPS) is 11.5. The summed E-state index contributed by atoms with van der Waals surface area (Å²) in [6.45, 7) is 5.21. The fraction of sp³-hybridized carbons (Fsp3) is 0.250. The SMILES string of the molecule is Cc1noc(C(C)(C)NC(=O)c2ncc(-c3ccc(Cl)cc3)o2)n1. The van der Waals surface area contributed by atoms with Crippen molar-refractivity contribution in [2.45, 2.75) is 26.3 Å². The average molecular weight is 347 g/mol. The molecule has 0 aliphatic heterocycles. The molecule has 0 spiro atoms. The van der Waals surface area contributed by atoms with Crippen molar-refractivity contribution in [3.63, 3.8) is 0 Å². The zero-order chi connectivity index (χ0) is 17.3. The van der Waals surface area contributed by atoms with Crippen LogP contribution in [0.4, 0.5) is 0 Å². The molecule has 0 radical (unpaired) electrons. The van der Waals surface area contributed by atoms with Gasteiger partial charge >= 0.3 is 5.91 Å². The molecule has 1 N–H and O–H groups in total. The van der Waals surface area contributed by atoms with Crippen LogP contribution in [0, 0.1) is 6.92 Å². The molecule has 1 amide bonds. The Morgan fingerprint density at radius 3 is 2.58 bits per heavy atom. The van der Waals surface area contributed by atoms with Gasteiger partial charge in [-0.1, -0.05) is 16.8 Å². The summed E-state index contributed by atoms with van der Waals surface area (Å²) in [4.78, 5) is 20.5. The Balaban J connectivity index is 1.77. The Labute approximate surface area is 143 Å². The third kappa shape index (κ3) is 3.30. The van der Waals surface area contributed by atoms with Gasteiger partial charge in [0.2, 0.25) is 0 Å². The van der Waals surface area contributed by atoms with Gasteiger partial charge < -0.3 is 14.3 Å². The quantitative estimate of drug-likeness (QED) is 0.778. The summed E-state index contributed by atoms with van der Waals surface area (Å²) in [6, 6.07) is 7.05. The van der Waals surface area contributed by atoms with Gasteiger partial charge in [-0.3, -0.25) is 4.79 Å². The topological polar surface area (TPSA) is 94.1 Å². The predicted molar refractivity (Wildman–Crippen MR) is 86.5 cm³/mol. The van der Waals surface area contributed by atoms with Crippen molar-refractivity contribution in [3.8, 4) is 11.3 Å². The number of nitrogens with zero attached hydrogens (tertiary/aromatic N) is 3. The van der Waals surface area contributed by atoms with Crippen LogP contribution in [0.15, 0.2) is 39.4 Å². The minimum absolute atomic E-state index is 0.0516. The zero-order valence-electron chi connectivity index (χ0n) is 13.3. The van der Waals surface area contributed by atoms with Gasteiger partial charge in [0.1, 0.15) is 5.54 Å². The Kier molecular flexibility index (Phi) is 4.11. The lowest BCUT2D eigenvalue weighted by Crippen LogP contribution is -2.41. The van der Waals surface area contributed by atoms with Crippen LogP contribution in [0.25, 0.3) is 11.3 Å². The number of rotatable bonds is 4. The van der Waals surface area contributed by atoms with Crippen LogP contribution < -0.4 is 5.32 Å². The lowest BCUT2D eigenvalue weighted by atomic mass is 10.1. The smallest absolute Gasteiger partial charge is 0.308 e. The third-order valence-corrected chi connectivity index (χ3v) is 3.57. The number of hydrogen-bond donors (Lipinski definition) is 1. The largest absolute Gasteiger partial charge is 0.432 e. The van der Waals surface area contributed by atoms with E-state index >= 15 is 0 Å². The Bertz CT molecular complexity index is 868. The first-order chi connectivity index (χ1) is 11.3. The molecule has 8 heteroatoms. The number of aryl methyl sites for hydroxylation is 1. The summed E-state index contributed by atoms with van der Waals surface area (Å²) in [5.41, 5.74) is -0.0782. The number of oxazole rings is 1. The maximum absolute atomic E-state index is 12.4. The third-order valence-electron chi connectivity index (χ3n) is 3.32. The van der Waals surface area contributed by atoms with Gasteiger partial charge in [0.25, 0.3) is 11.8 Å². The molecule has 1 aromatic carbocycles. The summed E-state index contributed by atoms with van der Waals surface area (Å²) >= 11 is 5.86. The van der Waals surface area contributed by atoms with Gasteiger partial charge in [-0.25, -0.2) is 4.98 Å². The minimum atomic E-state index is -0.854. The Hall–Kier alpha value is -2.67. The van der Waals surface area contributed by atoms with Crippen LogP contribution in [-0.4, -0.2) is 21.0 Å². The highest BCUT2D eigenvalue weighted by Gasteiger charge is 2.31. The molecule has 3 rings (SSSR count). The van der Waals surface area contributed by atoms with Crippen LogP contribution in [-0.2, 0) is 5.54 Å². The fourth-order valence-electron chi connectivity index (χ4n) is 2.07. The molecule has 0 aliphatic rings. The number of hydrogen-bond acceptors (Lipinski definition) is 6. The molecular formula is C16H15ClN4O3. The number of amides is 1. The van der Waals surface area contributed by atoms with Gasteiger partial charge in [-0.05, 0) is 45.0 Å². The van der Waals surface area contributed by atoms with Crippen LogP contribution in [0.2, 0.25) is 5.02 Å². The second-order valence-corrected chi connectivity index (χ2v) is 6.20. The van der Waals surface area contributed by atoms with E-state index in [2.05, 4.69) is 20.4 Å². The molecule has 0 fully saturated rings. The summed E-state index contributed by atoms with van der Waals surface area (Å²) in [5.74, 6) is 0.745. The van der Waals surface area contributed by atoms with E-state index in [-0.39, 0.29) is 5.89 Å². The molecule has 0 aliphatic carbocycles. The van der Waals surface area contributed by atoms with Gasteiger partial charge in [-0.15, -0.1) is 0 Å². The zero-order valence-corrected chi connectivity index (χ0v) is 14.1. The van der Waals surface area contributed by atoms with Crippen LogP contribution in [0.5, 0.6) is 0 Å². The van der Waals surface area contributed by atoms with E-state index in [4.69, 9.17) is 20.5 Å². The first-order valence-corrected chi connectivity index (χ1v) is 7.58. The maximum Gasteiger partial charge on any atom is 0.308 e. The van der Waals surface area contributed by atoms with Gasteiger partial charge in [-0.2, -0.15) is 4.98 Å². The minimum Gasteiger partial charge on any atom is -0.432 e. The van der Waals surface area contributed by atoms with Crippen molar-refractivity contribution in [1.29, 1.82) is 0 Å². The summed E-state index contributed by atoms with van der Waals surface area (Å²) in [7, 11) is 0. The summed E-state index contributed by atoms with van der Waals surface area (Å²) < 4.78 is 10.6. The first kappa shape index (κ1) is 16.2. The monoisotopic (exact) mass is 346 g/mol. The van der Waals surface area contributed by atoms with Crippen molar-refractivity contribution in [2.24, 2.45) is 0 Å². The van der Waals surface area contributed by atoms with Crippen LogP contribution >= 0.6 is 11.6 Å². The van der Waals surface area contributed by atoms with Crippen molar-refractivity contribution < 1.29 is 13.7 Å². The predicted octanol–water partition coefficient (Wildman–Crippen LogP) is 3.35.